The van der Waals surface area contributed by atoms with Crippen LogP contribution in [0.5, 0.6) is 0 Å². The highest BCUT2D eigenvalue weighted by Crippen LogP contribution is 2.23. The van der Waals surface area contributed by atoms with Gasteiger partial charge in [0.05, 0.1) is 10.7 Å². The monoisotopic (exact) mass is 323 g/mol. The molecular formula is C14H21ClF3N3. The standard InChI is InChI=1S/C14H21ClF3N3/c1-5-21(9-14(16,17)18)12-7-6-10(15)11(20-12)8-19-13(2,3)4/h6-7,19H,5,8-9H2,1-4H3. The van der Waals surface area contributed by atoms with Crippen LogP contribution >= 0.6 is 11.6 Å². The molecule has 0 saturated heterocycles. The fourth-order valence-corrected chi connectivity index (χ4v) is 1.87. The molecule has 0 aliphatic heterocycles. The van der Waals surface area contributed by atoms with E-state index < -0.39 is 12.7 Å². The lowest BCUT2D eigenvalue weighted by molar-refractivity contribution is -0.119. The SMILES string of the molecule is CCN(CC(F)(F)F)c1ccc(Cl)c(CNC(C)(C)C)n1. The van der Waals surface area contributed by atoms with Gasteiger partial charge in [-0.15, -0.1) is 0 Å². The van der Waals surface area contributed by atoms with Crippen LogP contribution in [0.4, 0.5) is 19.0 Å². The maximum Gasteiger partial charge on any atom is 0.405 e. The fraction of sp³-hybridized carbons (Fsp3) is 0.643. The Hall–Kier alpha value is -1.01. The first-order valence-electron chi connectivity index (χ1n) is 6.74. The second kappa shape index (κ2) is 6.83. The van der Waals surface area contributed by atoms with Gasteiger partial charge in [-0.05, 0) is 39.8 Å². The number of alkyl halides is 3. The van der Waals surface area contributed by atoms with Gasteiger partial charge >= 0.3 is 6.18 Å². The highest BCUT2D eigenvalue weighted by atomic mass is 35.5. The zero-order chi connectivity index (χ0) is 16.3. The molecule has 0 saturated carbocycles. The molecule has 0 aliphatic rings. The summed E-state index contributed by atoms with van der Waals surface area (Å²) in [4.78, 5) is 5.44. The van der Waals surface area contributed by atoms with E-state index in [-0.39, 0.29) is 17.9 Å². The summed E-state index contributed by atoms with van der Waals surface area (Å²) in [5.74, 6) is 0.282. The van der Waals surface area contributed by atoms with Crippen LogP contribution in [0.3, 0.4) is 0 Å². The third kappa shape index (κ3) is 6.52. The highest BCUT2D eigenvalue weighted by molar-refractivity contribution is 6.31. The molecule has 3 nitrogen and oxygen atoms in total. The van der Waals surface area contributed by atoms with Crippen LogP contribution in [0.15, 0.2) is 12.1 Å². The molecule has 1 aromatic heterocycles. The van der Waals surface area contributed by atoms with E-state index in [1.165, 1.54) is 11.0 Å². The van der Waals surface area contributed by atoms with Crippen LogP contribution < -0.4 is 10.2 Å². The maximum atomic E-state index is 12.6. The van der Waals surface area contributed by atoms with E-state index in [0.717, 1.165) is 0 Å². The Bertz CT molecular complexity index is 470. The Labute approximate surface area is 128 Å². The summed E-state index contributed by atoms with van der Waals surface area (Å²) in [7, 11) is 0. The van der Waals surface area contributed by atoms with Gasteiger partial charge < -0.3 is 10.2 Å². The van der Waals surface area contributed by atoms with E-state index in [2.05, 4.69) is 10.3 Å². The van der Waals surface area contributed by atoms with Crippen molar-refractivity contribution in [1.82, 2.24) is 10.3 Å². The molecule has 0 fully saturated rings. The molecule has 0 bridgehead atoms. The molecule has 1 aromatic rings. The van der Waals surface area contributed by atoms with Gasteiger partial charge in [-0.3, -0.25) is 0 Å². The average molecular weight is 324 g/mol. The molecule has 0 aliphatic carbocycles. The molecule has 0 aromatic carbocycles. The number of nitrogens with one attached hydrogen (secondary N) is 1. The largest absolute Gasteiger partial charge is 0.405 e. The third-order valence-corrected chi connectivity index (χ3v) is 3.11. The first-order chi connectivity index (χ1) is 9.52. The van der Waals surface area contributed by atoms with Crippen molar-refractivity contribution < 1.29 is 13.2 Å². The van der Waals surface area contributed by atoms with Crippen LogP contribution in [0.2, 0.25) is 5.02 Å². The molecule has 21 heavy (non-hydrogen) atoms. The van der Waals surface area contributed by atoms with Gasteiger partial charge in [-0.2, -0.15) is 13.2 Å². The summed E-state index contributed by atoms with van der Waals surface area (Å²) in [6.45, 7) is 7.24. The number of hydrogen-bond donors (Lipinski definition) is 1. The molecule has 7 heteroatoms. The smallest absolute Gasteiger partial charge is 0.348 e. The summed E-state index contributed by atoms with van der Waals surface area (Å²) in [6.07, 6.45) is -4.26. The van der Waals surface area contributed by atoms with Gasteiger partial charge in [-0.25, -0.2) is 4.98 Å². The van der Waals surface area contributed by atoms with Gasteiger partial charge in [0.15, 0.2) is 0 Å². The second-order valence-corrected chi connectivity index (χ2v) is 6.24. The Balaban J connectivity index is 2.93. The zero-order valence-corrected chi connectivity index (χ0v) is 13.4. The van der Waals surface area contributed by atoms with Crippen molar-refractivity contribution in [1.29, 1.82) is 0 Å². The number of halogens is 4. The van der Waals surface area contributed by atoms with Crippen molar-refractivity contribution in [3.63, 3.8) is 0 Å². The van der Waals surface area contributed by atoms with Crippen molar-refractivity contribution in [3.05, 3.63) is 22.8 Å². The molecule has 0 spiro atoms. The third-order valence-electron chi connectivity index (χ3n) is 2.77. The van der Waals surface area contributed by atoms with Crippen molar-refractivity contribution >= 4 is 17.4 Å². The molecule has 1 rings (SSSR count). The lowest BCUT2D eigenvalue weighted by atomic mass is 10.1. The van der Waals surface area contributed by atoms with E-state index in [4.69, 9.17) is 11.6 Å². The van der Waals surface area contributed by atoms with Gasteiger partial charge in [0, 0.05) is 18.6 Å². The molecule has 120 valence electrons. The minimum atomic E-state index is -4.26. The van der Waals surface area contributed by atoms with Crippen molar-refractivity contribution in [2.24, 2.45) is 0 Å². The van der Waals surface area contributed by atoms with Crippen LogP contribution in [0.25, 0.3) is 0 Å². The van der Waals surface area contributed by atoms with Crippen LogP contribution in [-0.4, -0.2) is 29.8 Å². The minimum Gasteiger partial charge on any atom is -0.348 e. The van der Waals surface area contributed by atoms with E-state index in [1.807, 2.05) is 20.8 Å². The molecule has 0 amide bonds. The Morgan fingerprint density at radius 3 is 2.33 bits per heavy atom. The molecule has 0 unspecified atom stereocenters. The first kappa shape index (κ1) is 18.0. The first-order valence-corrected chi connectivity index (χ1v) is 7.12. The molecule has 0 atom stereocenters. The predicted molar refractivity (Wildman–Crippen MR) is 79.8 cm³/mol. The van der Waals surface area contributed by atoms with E-state index in [1.54, 1.807) is 13.0 Å². The normalized spacial score (nSPS) is 12.6. The maximum absolute atomic E-state index is 12.6. The highest BCUT2D eigenvalue weighted by Gasteiger charge is 2.31. The van der Waals surface area contributed by atoms with Crippen LogP contribution in [0.1, 0.15) is 33.4 Å². The lowest BCUT2D eigenvalue weighted by Gasteiger charge is -2.25. The van der Waals surface area contributed by atoms with Crippen LogP contribution in [0, 0.1) is 0 Å². The number of pyridine rings is 1. The van der Waals surface area contributed by atoms with Crippen molar-refractivity contribution in [2.45, 2.75) is 46.0 Å². The van der Waals surface area contributed by atoms with Gasteiger partial charge in [0.1, 0.15) is 12.4 Å². The van der Waals surface area contributed by atoms with E-state index >= 15 is 0 Å². The van der Waals surface area contributed by atoms with Gasteiger partial charge in [0.25, 0.3) is 0 Å². The summed E-state index contributed by atoms with van der Waals surface area (Å²) in [6, 6.07) is 3.10. The Morgan fingerprint density at radius 2 is 1.86 bits per heavy atom. The molecule has 0 radical (unpaired) electrons. The quantitative estimate of drug-likeness (QED) is 0.887. The Morgan fingerprint density at radius 1 is 1.24 bits per heavy atom. The van der Waals surface area contributed by atoms with Crippen molar-refractivity contribution in [2.75, 3.05) is 18.0 Å². The van der Waals surface area contributed by atoms with Gasteiger partial charge in [0.2, 0.25) is 0 Å². The average Bonchev–Trinajstić information content (AvgIpc) is 2.33. The van der Waals surface area contributed by atoms with Crippen molar-refractivity contribution in [3.8, 4) is 0 Å². The number of anilines is 1. The molecule has 1 heterocycles. The molecule has 1 N–H and O–H groups in total. The molecular weight excluding hydrogens is 303 g/mol. The second-order valence-electron chi connectivity index (χ2n) is 5.83. The summed E-state index contributed by atoms with van der Waals surface area (Å²) in [5, 5.41) is 3.67. The summed E-state index contributed by atoms with van der Waals surface area (Å²) >= 11 is 6.06. The zero-order valence-electron chi connectivity index (χ0n) is 12.7. The number of rotatable bonds is 5. The van der Waals surface area contributed by atoms with E-state index in [9.17, 15) is 13.2 Å². The summed E-state index contributed by atoms with van der Waals surface area (Å²) < 4.78 is 37.7. The predicted octanol–water partition coefficient (Wildman–Crippen LogP) is 4.01. The Kier molecular flexibility index (Phi) is 5.87. The number of hydrogen-bond acceptors (Lipinski definition) is 3. The van der Waals surface area contributed by atoms with Gasteiger partial charge in [-0.1, -0.05) is 11.6 Å². The number of nitrogens with zero attached hydrogens (tertiary/aromatic N) is 2. The number of aromatic nitrogens is 1. The van der Waals surface area contributed by atoms with E-state index in [0.29, 0.717) is 17.3 Å². The summed E-state index contributed by atoms with van der Waals surface area (Å²) in [5.41, 5.74) is 0.418. The fourth-order valence-electron chi connectivity index (χ4n) is 1.69. The lowest BCUT2D eigenvalue weighted by Crippen LogP contribution is -2.36. The minimum absolute atomic E-state index is 0.128. The topological polar surface area (TPSA) is 28.2 Å². The van der Waals surface area contributed by atoms with Crippen LogP contribution in [-0.2, 0) is 6.54 Å².